The number of carbonyl (C=O) groups excluding carboxylic acids is 1. The Morgan fingerprint density at radius 3 is 2.70 bits per heavy atom. The molecule has 8 heteroatoms. The second-order valence-corrected chi connectivity index (χ2v) is 10.3. The van der Waals surface area contributed by atoms with Gasteiger partial charge in [-0.05, 0) is 56.6 Å². The molecule has 2 heterocycles. The Bertz CT molecular complexity index is 1070. The van der Waals surface area contributed by atoms with Gasteiger partial charge in [0.05, 0.1) is 32.7 Å². The number of hydrogen-bond donors (Lipinski definition) is 2. The van der Waals surface area contributed by atoms with Crippen LogP contribution in [0.4, 0.5) is 0 Å². The van der Waals surface area contributed by atoms with Crippen molar-refractivity contribution in [2.24, 2.45) is 17.8 Å². The highest BCUT2D eigenvalue weighted by molar-refractivity contribution is 5.92. The topological polar surface area (TPSA) is 99.4 Å². The normalized spacial score (nSPS) is 28.9. The van der Waals surface area contributed by atoms with Crippen molar-refractivity contribution >= 4 is 16.9 Å². The van der Waals surface area contributed by atoms with Gasteiger partial charge in [0.1, 0.15) is 5.58 Å². The Balaban J connectivity index is 1.35. The van der Waals surface area contributed by atoms with Crippen LogP contribution in [0.1, 0.15) is 50.5 Å². The first-order valence-corrected chi connectivity index (χ1v) is 13.7. The predicted octanol–water partition coefficient (Wildman–Crippen LogP) is 4.13. The lowest BCUT2D eigenvalue weighted by atomic mass is 9.81. The van der Waals surface area contributed by atoms with Crippen molar-refractivity contribution in [2.75, 3.05) is 39.6 Å². The molecule has 6 unspecified atom stereocenters. The fraction of sp³-hybridized carbons (Fsp3) is 0.621. The first kappa shape index (κ1) is 26.2. The number of para-hydroxylation sites is 1. The van der Waals surface area contributed by atoms with E-state index in [0.29, 0.717) is 51.1 Å². The van der Waals surface area contributed by atoms with Crippen LogP contribution in [0.3, 0.4) is 0 Å². The van der Waals surface area contributed by atoms with E-state index in [2.05, 4.69) is 5.32 Å². The lowest BCUT2D eigenvalue weighted by molar-refractivity contribution is -0.168. The van der Waals surface area contributed by atoms with Gasteiger partial charge in [-0.3, -0.25) is 4.79 Å². The summed E-state index contributed by atoms with van der Waals surface area (Å²) in [4.78, 5) is 13.4. The Hall–Kier alpha value is -2.39. The van der Waals surface area contributed by atoms with Crippen LogP contribution in [-0.2, 0) is 23.7 Å². The van der Waals surface area contributed by atoms with E-state index in [4.69, 9.17) is 28.5 Å². The summed E-state index contributed by atoms with van der Waals surface area (Å²) in [6.07, 6.45) is 8.62. The molecule has 202 valence electrons. The van der Waals surface area contributed by atoms with Crippen LogP contribution in [-0.4, -0.2) is 63.0 Å². The maximum atomic E-state index is 13.4. The zero-order valence-electron chi connectivity index (χ0n) is 21.6. The standard InChI is InChI=1S/C29H39NO7/c1-2-35-29-22(9-11-33-13-14-34-12-10-31)23(24-18-36-26-6-4-3-5-21(24)26)17-27(37-29)28(32)30-25-16-19-7-8-20(25)15-19/h3-6,17-20,22-23,25,29,31H,2,7-16H2,1H3,(H,30,32). The van der Waals surface area contributed by atoms with Crippen molar-refractivity contribution in [1.82, 2.24) is 5.32 Å². The molecule has 1 aromatic carbocycles. The van der Waals surface area contributed by atoms with E-state index in [1.807, 2.05) is 37.3 Å². The van der Waals surface area contributed by atoms with E-state index < -0.39 is 6.29 Å². The molecular weight excluding hydrogens is 474 g/mol. The number of aliphatic hydroxyl groups is 1. The van der Waals surface area contributed by atoms with Gasteiger partial charge in [0, 0.05) is 42.0 Å². The summed E-state index contributed by atoms with van der Waals surface area (Å²) < 4.78 is 29.3. The summed E-state index contributed by atoms with van der Waals surface area (Å²) in [5.74, 6) is 1.29. The zero-order chi connectivity index (χ0) is 25.6. The molecule has 2 fully saturated rings. The average molecular weight is 514 g/mol. The molecule has 1 aliphatic heterocycles. The highest BCUT2D eigenvalue weighted by Crippen LogP contribution is 2.45. The van der Waals surface area contributed by atoms with Crippen LogP contribution < -0.4 is 5.32 Å². The molecule has 5 rings (SSSR count). The average Bonchev–Trinajstić information content (AvgIpc) is 3.65. The summed E-state index contributed by atoms with van der Waals surface area (Å²) in [6.45, 7) is 4.08. The number of nitrogens with one attached hydrogen (secondary N) is 1. The van der Waals surface area contributed by atoms with E-state index in [9.17, 15) is 4.79 Å². The van der Waals surface area contributed by atoms with Gasteiger partial charge in [-0.15, -0.1) is 0 Å². The van der Waals surface area contributed by atoms with Gasteiger partial charge in [0.2, 0.25) is 6.29 Å². The number of rotatable bonds is 13. The zero-order valence-corrected chi connectivity index (χ0v) is 21.6. The fourth-order valence-electron chi connectivity index (χ4n) is 6.32. The van der Waals surface area contributed by atoms with Crippen molar-refractivity contribution in [3.8, 4) is 0 Å². The van der Waals surface area contributed by atoms with Crippen LogP contribution >= 0.6 is 0 Å². The lowest BCUT2D eigenvalue weighted by Crippen LogP contribution is -2.43. The number of benzene rings is 1. The highest BCUT2D eigenvalue weighted by Gasteiger charge is 2.43. The smallest absolute Gasteiger partial charge is 0.286 e. The summed E-state index contributed by atoms with van der Waals surface area (Å²) in [5.41, 5.74) is 1.83. The summed E-state index contributed by atoms with van der Waals surface area (Å²) >= 11 is 0. The molecule has 0 radical (unpaired) electrons. The SMILES string of the molecule is CCOC1OC(C(=O)NC2CC3CCC2C3)=CC(c2coc3ccccc23)C1CCOCCOCCO. The fourth-order valence-corrected chi connectivity index (χ4v) is 6.32. The number of allylic oxidation sites excluding steroid dienone is 1. The van der Waals surface area contributed by atoms with E-state index >= 15 is 0 Å². The van der Waals surface area contributed by atoms with Gasteiger partial charge in [-0.25, -0.2) is 0 Å². The maximum Gasteiger partial charge on any atom is 0.286 e. The summed E-state index contributed by atoms with van der Waals surface area (Å²) in [5, 5.41) is 13.1. The molecule has 0 saturated heterocycles. The maximum absolute atomic E-state index is 13.4. The monoisotopic (exact) mass is 513 g/mol. The quantitative estimate of drug-likeness (QED) is 0.389. The van der Waals surface area contributed by atoms with E-state index in [1.54, 1.807) is 6.26 Å². The number of furan rings is 1. The molecule has 2 aromatic rings. The Morgan fingerprint density at radius 2 is 1.95 bits per heavy atom. The third-order valence-electron chi connectivity index (χ3n) is 8.07. The van der Waals surface area contributed by atoms with Crippen LogP contribution in [0, 0.1) is 17.8 Å². The van der Waals surface area contributed by atoms with E-state index in [1.165, 1.54) is 19.3 Å². The third kappa shape index (κ3) is 6.03. The largest absolute Gasteiger partial charge is 0.464 e. The second kappa shape index (κ2) is 12.4. The Labute approximate surface area is 218 Å². The van der Waals surface area contributed by atoms with Gasteiger partial charge < -0.3 is 33.8 Å². The van der Waals surface area contributed by atoms with E-state index in [-0.39, 0.29) is 30.4 Å². The van der Waals surface area contributed by atoms with Crippen LogP contribution in [0.25, 0.3) is 11.0 Å². The molecule has 2 N–H and O–H groups in total. The van der Waals surface area contributed by atoms with E-state index in [0.717, 1.165) is 28.9 Å². The van der Waals surface area contributed by atoms with Gasteiger partial charge in [0.25, 0.3) is 5.91 Å². The first-order chi connectivity index (χ1) is 18.2. The molecule has 2 bridgehead atoms. The van der Waals surface area contributed by atoms with Crippen LogP contribution in [0.5, 0.6) is 0 Å². The van der Waals surface area contributed by atoms with Gasteiger partial charge in [-0.1, -0.05) is 24.6 Å². The van der Waals surface area contributed by atoms with Crippen molar-refractivity contribution in [3.05, 3.63) is 47.9 Å². The van der Waals surface area contributed by atoms with Crippen molar-refractivity contribution < 1.29 is 33.3 Å². The lowest BCUT2D eigenvalue weighted by Gasteiger charge is -2.37. The molecule has 0 spiro atoms. The van der Waals surface area contributed by atoms with Gasteiger partial charge in [-0.2, -0.15) is 0 Å². The van der Waals surface area contributed by atoms with Crippen LogP contribution in [0.2, 0.25) is 0 Å². The molecule has 2 aliphatic carbocycles. The molecule has 6 atom stereocenters. The van der Waals surface area contributed by atoms with Crippen molar-refractivity contribution in [1.29, 1.82) is 0 Å². The van der Waals surface area contributed by atoms with Gasteiger partial charge in [0.15, 0.2) is 5.76 Å². The van der Waals surface area contributed by atoms with Crippen LogP contribution in [0.15, 0.2) is 46.8 Å². The third-order valence-corrected chi connectivity index (χ3v) is 8.07. The molecule has 3 aliphatic rings. The molecule has 1 amide bonds. The summed E-state index contributed by atoms with van der Waals surface area (Å²) in [7, 11) is 0. The minimum absolute atomic E-state index is 0.0000157. The Morgan fingerprint density at radius 1 is 1.11 bits per heavy atom. The first-order valence-electron chi connectivity index (χ1n) is 13.7. The number of hydrogen-bond acceptors (Lipinski definition) is 7. The minimum atomic E-state index is -0.580. The molecule has 2 saturated carbocycles. The number of aliphatic hydroxyl groups excluding tert-OH is 1. The second-order valence-electron chi connectivity index (χ2n) is 10.3. The van der Waals surface area contributed by atoms with Crippen molar-refractivity contribution in [2.45, 2.75) is 57.3 Å². The number of ether oxygens (including phenoxy) is 4. The Kier molecular flexibility index (Phi) is 8.81. The molecule has 1 aromatic heterocycles. The minimum Gasteiger partial charge on any atom is -0.464 e. The summed E-state index contributed by atoms with van der Waals surface area (Å²) in [6, 6.07) is 8.19. The predicted molar refractivity (Wildman–Crippen MR) is 138 cm³/mol. The number of carbonyl (C=O) groups is 1. The molecule has 8 nitrogen and oxygen atoms in total. The highest BCUT2D eigenvalue weighted by atomic mass is 16.7. The van der Waals surface area contributed by atoms with Gasteiger partial charge >= 0.3 is 0 Å². The number of fused-ring (bicyclic) bond motifs is 3. The molecule has 37 heavy (non-hydrogen) atoms. The van der Waals surface area contributed by atoms with Crippen molar-refractivity contribution in [3.63, 3.8) is 0 Å². The number of amides is 1. The molecular formula is C29H39NO7.